The number of hydrogen-bond donors (Lipinski definition) is 1. The van der Waals surface area contributed by atoms with Gasteiger partial charge in [0.15, 0.2) is 5.54 Å². The lowest BCUT2D eigenvalue weighted by Gasteiger charge is -2.30. The minimum absolute atomic E-state index is 0.277. The average molecular weight is 248 g/mol. The number of rotatable bonds is 4. The Kier molecular flexibility index (Phi) is 3.97. The number of halogens is 2. The topological polar surface area (TPSA) is 40.5 Å². The van der Waals surface area contributed by atoms with Gasteiger partial charge in [0.1, 0.15) is 0 Å². The molecule has 1 unspecified atom stereocenters. The van der Waals surface area contributed by atoms with Crippen molar-refractivity contribution < 1.29 is 9.90 Å². The van der Waals surface area contributed by atoms with Crippen molar-refractivity contribution in [1.29, 1.82) is 0 Å². The van der Waals surface area contributed by atoms with Gasteiger partial charge in [0, 0.05) is 0 Å². The Balaban J connectivity index is 3.28. The monoisotopic (exact) mass is 247 g/mol. The maximum Gasteiger partial charge on any atom is 0.331 e. The number of carboxylic acids is 1. The van der Waals surface area contributed by atoms with Crippen LogP contribution in [0.2, 0.25) is 0 Å². The third-order valence-corrected chi connectivity index (χ3v) is 2.98. The van der Waals surface area contributed by atoms with Crippen LogP contribution in [-0.4, -0.2) is 15.0 Å². The Hall–Kier alpha value is -0.770. The highest BCUT2D eigenvalue weighted by molar-refractivity contribution is 6.35. The first-order valence-electron chi connectivity index (χ1n) is 4.46. The molecule has 0 fully saturated rings. The smallest absolute Gasteiger partial charge is 0.331 e. The van der Waals surface area contributed by atoms with Crippen molar-refractivity contribution in [2.24, 2.45) is 0 Å². The molecule has 1 rings (SSSR count). The number of nitrogens with zero attached hydrogens (tertiary/aromatic N) is 1. The Morgan fingerprint density at radius 2 is 1.93 bits per heavy atom. The van der Waals surface area contributed by atoms with Crippen molar-refractivity contribution in [3.8, 4) is 0 Å². The highest BCUT2D eigenvalue weighted by Gasteiger charge is 2.44. The summed E-state index contributed by atoms with van der Waals surface area (Å²) in [6.45, 7) is 1.72. The lowest BCUT2D eigenvalue weighted by molar-refractivity contribution is -0.147. The molecule has 0 radical (unpaired) electrons. The summed E-state index contributed by atoms with van der Waals surface area (Å²) in [7, 11) is 0. The molecule has 3 nitrogen and oxygen atoms in total. The Morgan fingerprint density at radius 1 is 1.40 bits per heavy atom. The molecule has 0 heterocycles. The van der Waals surface area contributed by atoms with Crippen LogP contribution in [0.15, 0.2) is 30.3 Å². The van der Waals surface area contributed by atoms with E-state index in [4.69, 9.17) is 23.6 Å². The molecule has 1 aromatic rings. The summed E-state index contributed by atoms with van der Waals surface area (Å²) in [5.74, 6) is -1.07. The van der Waals surface area contributed by atoms with Gasteiger partial charge in [0.2, 0.25) is 0 Å². The van der Waals surface area contributed by atoms with E-state index in [2.05, 4.69) is 0 Å². The standard InChI is InChI=1S/C10H11Cl2NO2/c1-2-10(9(14)15,13(11)12)8-6-4-3-5-7-8/h3-7H,2H2,1H3,(H,14,15). The third kappa shape index (κ3) is 2.09. The molecule has 1 aromatic carbocycles. The van der Waals surface area contributed by atoms with E-state index >= 15 is 0 Å². The zero-order valence-corrected chi connectivity index (χ0v) is 9.66. The Labute approximate surface area is 98.4 Å². The summed E-state index contributed by atoms with van der Waals surface area (Å²) in [4.78, 5) is 11.3. The van der Waals surface area contributed by atoms with E-state index in [1.165, 1.54) is 0 Å². The fraction of sp³-hybridized carbons (Fsp3) is 0.300. The summed E-state index contributed by atoms with van der Waals surface area (Å²) in [6, 6.07) is 8.68. The Morgan fingerprint density at radius 3 is 2.27 bits per heavy atom. The molecular weight excluding hydrogens is 237 g/mol. The number of carbonyl (C=O) groups is 1. The molecule has 0 saturated carbocycles. The van der Waals surface area contributed by atoms with Gasteiger partial charge in [-0.05, 0) is 35.5 Å². The van der Waals surface area contributed by atoms with Crippen LogP contribution in [0.3, 0.4) is 0 Å². The summed E-state index contributed by atoms with van der Waals surface area (Å²) in [5.41, 5.74) is -0.824. The molecule has 0 aliphatic heterocycles. The second-order valence-electron chi connectivity index (χ2n) is 3.12. The normalized spacial score (nSPS) is 14.9. The quantitative estimate of drug-likeness (QED) is 0.832. The van der Waals surface area contributed by atoms with E-state index in [0.717, 1.165) is 0 Å². The lowest BCUT2D eigenvalue weighted by Crippen LogP contribution is -2.43. The van der Waals surface area contributed by atoms with E-state index in [1.54, 1.807) is 37.3 Å². The molecular formula is C10H11Cl2NO2. The number of carboxylic acid groups (broad SMARTS) is 1. The molecule has 0 aromatic heterocycles. The average Bonchev–Trinajstić information content (AvgIpc) is 2.20. The van der Waals surface area contributed by atoms with Gasteiger partial charge in [-0.1, -0.05) is 37.3 Å². The minimum atomic E-state index is -1.38. The molecule has 0 amide bonds. The molecule has 5 heteroatoms. The fourth-order valence-electron chi connectivity index (χ4n) is 1.48. The first-order valence-corrected chi connectivity index (χ1v) is 5.14. The largest absolute Gasteiger partial charge is 0.480 e. The minimum Gasteiger partial charge on any atom is -0.480 e. The number of hydrogen-bond acceptors (Lipinski definition) is 2. The van der Waals surface area contributed by atoms with Gasteiger partial charge in [0.05, 0.1) is 0 Å². The van der Waals surface area contributed by atoms with Gasteiger partial charge in [-0.3, -0.25) is 0 Å². The van der Waals surface area contributed by atoms with Crippen molar-refractivity contribution in [3.63, 3.8) is 0 Å². The summed E-state index contributed by atoms with van der Waals surface area (Å²) in [5, 5.41) is 9.24. The van der Waals surface area contributed by atoms with E-state index in [0.29, 0.717) is 9.50 Å². The molecule has 0 aliphatic rings. The zero-order valence-electron chi connectivity index (χ0n) is 8.15. The fourth-order valence-corrected chi connectivity index (χ4v) is 2.06. The molecule has 15 heavy (non-hydrogen) atoms. The molecule has 82 valence electrons. The summed E-state index contributed by atoms with van der Waals surface area (Å²) >= 11 is 11.3. The van der Waals surface area contributed by atoms with Crippen molar-refractivity contribution in [2.75, 3.05) is 0 Å². The summed E-state index contributed by atoms with van der Waals surface area (Å²) in [6.07, 6.45) is 0.277. The molecule has 0 saturated heterocycles. The van der Waals surface area contributed by atoms with Crippen molar-refractivity contribution in [1.82, 2.24) is 3.94 Å². The van der Waals surface area contributed by atoms with E-state index in [1.807, 2.05) is 0 Å². The van der Waals surface area contributed by atoms with E-state index in [-0.39, 0.29) is 6.42 Å². The van der Waals surface area contributed by atoms with Crippen molar-refractivity contribution in [3.05, 3.63) is 35.9 Å². The first kappa shape index (κ1) is 12.3. The van der Waals surface area contributed by atoms with Crippen LogP contribution in [0.4, 0.5) is 0 Å². The van der Waals surface area contributed by atoms with Gasteiger partial charge in [0.25, 0.3) is 0 Å². The maximum atomic E-state index is 11.3. The highest BCUT2D eigenvalue weighted by Crippen LogP contribution is 2.35. The molecule has 1 atom stereocenters. The maximum absolute atomic E-state index is 11.3. The van der Waals surface area contributed by atoms with Crippen molar-refractivity contribution >= 4 is 29.5 Å². The second kappa shape index (κ2) is 4.84. The van der Waals surface area contributed by atoms with Crippen LogP contribution in [0.1, 0.15) is 18.9 Å². The predicted octanol–water partition coefficient (Wildman–Crippen LogP) is 2.99. The van der Waals surface area contributed by atoms with Crippen LogP contribution in [0.5, 0.6) is 0 Å². The predicted molar refractivity (Wildman–Crippen MR) is 59.6 cm³/mol. The van der Waals surface area contributed by atoms with Gasteiger partial charge in [-0.25, -0.2) is 4.79 Å². The molecule has 0 aliphatic carbocycles. The SMILES string of the molecule is CCC(C(=O)O)(c1ccccc1)N(Cl)Cl. The van der Waals surface area contributed by atoms with Crippen LogP contribution < -0.4 is 0 Å². The molecule has 1 N–H and O–H groups in total. The van der Waals surface area contributed by atoms with Crippen LogP contribution >= 0.6 is 23.6 Å². The first-order chi connectivity index (χ1) is 7.05. The van der Waals surface area contributed by atoms with Gasteiger partial charge >= 0.3 is 5.97 Å². The number of benzene rings is 1. The lowest BCUT2D eigenvalue weighted by atomic mass is 9.88. The van der Waals surface area contributed by atoms with Crippen molar-refractivity contribution in [2.45, 2.75) is 18.9 Å². The third-order valence-electron chi connectivity index (χ3n) is 2.41. The second-order valence-corrected chi connectivity index (χ2v) is 3.97. The van der Waals surface area contributed by atoms with Gasteiger partial charge < -0.3 is 5.11 Å². The molecule has 0 spiro atoms. The van der Waals surface area contributed by atoms with Gasteiger partial charge in [-0.2, -0.15) is 0 Å². The highest BCUT2D eigenvalue weighted by atomic mass is 35.5. The molecule has 0 bridgehead atoms. The van der Waals surface area contributed by atoms with Gasteiger partial charge in [-0.15, -0.1) is 3.94 Å². The van der Waals surface area contributed by atoms with Crippen LogP contribution in [0, 0.1) is 0 Å². The summed E-state index contributed by atoms with van der Waals surface area (Å²) < 4.78 is 0.699. The van der Waals surface area contributed by atoms with Crippen LogP contribution in [-0.2, 0) is 10.3 Å². The zero-order chi connectivity index (χ0) is 11.5. The van der Waals surface area contributed by atoms with E-state index in [9.17, 15) is 9.90 Å². The Bertz CT molecular complexity index is 343. The van der Waals surface area contributed by atoms with Crippen LogP contribution in [0.25, 0.3) is 0 Å². The number of aliphatic carboxylic acids is 1. The van der Waals surface area contributed by atoms with E-state index < -0.39 is 11.5 Å².